The zero-order valence-corrected chi connectivity index (χ0v) is 11.4. The summed E-state index contributed by atoms with van der Waals surface area (Å²) in [6.45, 7) is 4.65. The molecule has 102 valence electrons. The summed E-state index contributed by atoms with van der Waals surface area (Å²) in [6, 6.07) is 0. The average Bonchev–Trinajstić information content (AvgIpc) is 2.99. The molecule has 1 fully saturated rings. The standard InChI is InChI=1S/C13H19N5O/c1-10-15-16-12(19-10)9-18-6-3-4-11(8-18)13-14-5-7-17(13)2/h5,7,11H,3-4,6,8-9H2,1-2H3/t11-/m0/s1. The van der Waals surface area contributed by atoms with Crippen molar-refractivity contribution in [3.8, 4) is 0 Å². The van der Waals surface area contributed by atoms with E-state index in [1.54, 1.807) is 0 Å². The number of aromatic nitrogens is 4. The lowest BCUT2D eigenvalue weighted by Crippen LogP contribution is -2.34. The first-order valence-corrected chi connectivity index (χ1v) is 6.71. The third-order valence-corrected chi connectivity index (χ3v) is 3.66. The molecule has 6 heteroatoms. The van der Waals surface area contributed by atoms with E-state index in [4.69, 9.17) is 4.42 Å². The summed E-state index contributed by atoms with van der Waals surface area (Å²) in [5, 5.41) is 7.94. The summed E-state index contributed by atoms with van der Waals surface area (Å²) in [4.78, 5) is 6.84. The van der Waals surface area contributed by atoms with E-state index in [1.165, 1.54) is 18.7 Å². The number of nitrogens with zero attached hydrogens (tertiary/aromatic N) is 5. The van der Waals surface area contributed by atoms with Crippen molar-refractivity contribution in [1.29, 1.82) is 0 Å². The van der Waals surface area contributed by atoms with Crippen LogP contribution in [-0.4, -0.2) is 37.7 Å². The molecule has 0 saturated carbocycles. The molecule has 0 aromatic carbocycles. The molecule has 0 spiro atoms. The second-order valence-corrected chi connectivity index (χ2v) is 5.19. The predicted octanol–water partition coefficient (Wildman–Crippen LogP) is 1.49. The molecule has 1 aliphatic heterocycles. The topological polar surface area (TPSA) is 60.0 Å². The minimum absolute atomic E-state index is 0.498. The van der Waals surface area contributed by atoms with Crippen LogP contribution in [0.5, 0.6) is 0 Å². The Morgan fingerprint density at radius 3 is 3.00 bits per heavy atom. The van der Waals surface area contributed by atoms with Gasteiger partial charge in [-0.15, -0.1) is 10.2 Å². The molecular weight excluding hydrogens is 242 g/mol. The molecule has 0 unspecified atom stereocenters. The van der Waals surface area contributed by atoms with Gasteiger partial charge in [0.05, 0.1) is 6.54 Å². The van der Waals surface area contributed by atoms with Crippen LogP contribution in [0, 0.1) is 6.92 Å². The van der Waals surface area contributed by atoms with Crippen molar-refractivity contribution >= 4 is 0 Å². The van der Waals surface area contributed by atoms with Gasteiger partial charge in [0.1, 0.15) is 5.82 Å². The molecule has 6 nitrogen and oxygen atoms in total. The molecule has 0 aliphatic carbocycles. The Morgan fingerprint density at radius 1 is 1.42 bits per heavy atom. The lowest BCUT2D eigenvalue weighted by atomic mass is 9.97. The third kappa shape index (κ3) is 2.68. The van der Waals surface area contributed by atoms with Gasteiger partial charge in [-0.2, -0.15) is 0 Å². The SMILES string of the molecule is Cc1nnc(CN2CCC[C@H](c3nccn3C)C2)o1. The highest BCUT2D eigenvalue weighted by Crippen LogP contribution is 2.26. The quantitative estimate of drug-likeness (QED) is 0.837. The van der Waals surface area contributed by atoms with Crippen LogP contribution in [0.2, 0.25) is 0 Å². The Morgan fingerprint density at radius 2 is 2.32 bits per heavy atom. The van der Waals surface area contributed by atoms with Crippen molar-refractivity contribution in [1.82, 2.24) is 24.6 Å². The molecule has 2 aromatic heterocycles. The average molecular weight is 261 g/mol. The van der Waals surface area contributed by atoms with E-state index in [0.717, 1.165) is 19.6 Å². The molecule has 19 heavy (non-hydrogen) atoms. The fraction of sp³-hybridized carbons (Fsp3) is 0.615. The number of piperidine rings is 1. The van der Waals surface area contributed by atoms with Crippen molar-refractivity contribution in [2.24, 2.45) is 7.05 Å². The fourth-order valence-corrected chi connectivity index (χ4v) is 2.77. The number of rotatable bonds is 3. The molecule has 1 atom stereocenters. The van der Waals surface area contributed by atoms with Crippen LogP contribution in [0.15, 0.2) is 16.8 Å². The molecule has 0 amide bonds. The summed E-state index contributed by atoms with van der Waals surface area (Å²) in [5.74, 6) is 3.01. The number of hydrogen-bond donors (Lipinski definition) is 0. The van der Waals surface area contributed by atoms with E-state index in [-0.39, 0.29) is 0 Å². The highest BCUT2D eigenvalue weighted by atomic mass is 16.4. The first-order chi connectivity index (χ1) is 9.22. The van der Waals surface area contributed by atoms with Gasteiger partial charge in [-0.1, -0.05) is 0 Å². The Hall–Kier alpha value is -1.69. The molecular formula is C13H19N5O. The van der Waals surface area contributed by atoms with E-state index < -0.39 is 0 Å². The minimum Gasteiger partial charge on any atom is -0.424 e. The maximum atomic E-state index is 5.45. The van der Waals surface area contributed by atoms with E-state index in [0.29, 0.717) is 17.7 Å². The number of imidazole rings is 1. The highest BCUT2D eigenvalue weighted by molar-refractivity contribution is 5.02. The summed E-state index contributed by atoms with van der Waals surface area (Å²) in [5.41, 5.74) is 0. The van der Waals surface area contributed by atoms with Crippen molar-refractivity contribution in [2.75, 3.05) is 13.1 Å². The molecule has 1 aliphatic rings. The fourth-order valence-electron chi connectivity index (χ4n) is 2.77. The number of likely N-dealkylation sites (tertiary alicyclic amines) is 1. The van der Waals surface area contributed by atoms with Gasteiger partial charge in [-0.25, -0.2) is 4.98 Å². The zero-order chi connectivity index (χ0) is 13.2. The van der Waals surface area contributed by atoms with Crippen LogP contribution >= 0.6 is 0 Å². The summed E-state index contributed by atoms with van der Waals surface area (Å²) < 4.78 is 7.57. The van der Waals surface area contributed by atoms with Gasteiger partial charge in [0.25, 0.3) is 0 Å². The molecule has 2 aromatic rings. The predicted molar refractivity (Wildman–Crippen MR) is 69.5 cm³/mol. The maximum Gasteiger partial charge on any atom is 0.230 e. The second kappa shape index (κ2) is 5.13. The van der Waals surface area contributed by atoms with Crippen LogP contribution in [0.25, 0.3) is 0 Å². The van der Waals surface area contributed by atoms with Crippen LogP contribution in [0.3, 0.4) is 0 Å². The highest BCUT2D eigenvalue weighted by Gasteiger charge is 2.25. The van der Waals surface area contributed by atoms with E-state index in [9.17, 15) is 0 Å². The van der Waals surface area contributed by atoms with Crippen LogP contribution in [0.1, 0.15) is 36.4 Å². The lowest BCUT2D eigenvalue weighted by Gasteiger charge is -2.31. The normalized spacial score (nSPS) is 20.8. The summed E-state index contributed by atoms with van der Waals surface area (Å²) in [7, 11) is 2.06. The van der Waals surface area contributed by atoms with Gasteiger partial charge in [0, 0.05) is 38.8 Å². The van der Waals surface area contributed by atoms with Gasteiger partial charge in [-0.05, 0) is 19.4 Å². The van der Waals surface area contributed by atoms with Gasteiger partial charge in [0.2, 0.25) is 11.8 Å². The van der Waals surface area contributed by atoms with E-state index >= 15 is 0 Å². The lowest BCUT2D eigenvalue weighted by molar-refractivity contribution is 0.178. The first-order valence-electron chi connectivity index (χ1n) is 6.71. The number of aryl methyl sites for hydroxylation is 2. The van der Waals surface area contributed by atoms with Crippen LogP contribution in [0.4, 0.5) is 0 Å². The first kappa shape index (κ1) is 12.3. The second-order valence-electron chi connectivity index (χ2n) is 5.19. The van der Waals surface area contributed by atoms with Gasteiger partial charge in [0.15, 0.2) is 0 Å². The Kier molecular flexibility index (Phi) is 3.33. The van der Waals surface area contributed by atoms with E-state index in [2.05, 4.69) is 31.7 Å². The van der Waals surface area contributed by atoms with Gasteiger partial charge in [-0.3, -0.25) is 4.90 Å². The molecule has 0 radical (unpaired) electrons. The minimum atomic E-state index is 0.498. The van der Waals surface area contributed by atoms with E-state index in [1.807, 2.05) is 19.3 Å². The third-order valence-electron chi connectivity index (χ3n) is 3.66. The number of hydrogen-bond acceptors (Lipinski definition) is 5. The molecule has 0 bridgehead atoms. The smallest absolute Gasteiger partial charge is 0.230 e. The maximum absolute atomic E-state index is 5.45. The van der Waals surface area contributed by atoms with Crippen LogP contribution < -0.4 is 0 Å². The van der Waals surface area contributed by atoms with Crippen LogP contribution in [-0.2, 0) is 13.6 Å². The monoisotopic (exact) mass is 261 g/mol. The Bertz CT molecular complexity index is 547. The van der Waals surface area contributed by atoms with Crippen molar-refractivity contribution in [2.45, 2.75) is 32.2 Å². The van der Waals surface area contributed by atoms with Crippen molar-refractivity contribution in [3.05, 3.63) is 30.0 Å². The Balaban J connectivity index is 1.66. The zero-order valence-electron chi connectivity index (χ0n) is 11.4. The van der Waals surface area contributed by atoms with Gasteiger partial charge < -0.3 is 8.98 Å². The molecule has 1 saturated heterocycles. The summed E-state index contributed by atoms with van der Waals surface area (Å²) >= 11 is 0. The van der Waals surface area contributed by atoms with Crippen molar-refractivity contribution < 1.29 is 4.42 Å². The largest absolute Gasteiger partial charge is 0.424 e. The van der Waals surface area contributed by atoms with Crippen molar-refractivity contribution in [3.63, 3.8) is 0 Å². The summed E-state index contributed by atoms with van der Waals surface area (Å²) in [6.07, 6.45) is 6.26. The molecule has 3 heterocycles. The van der Waals surface area contributed by atoms with Gasteiger partial charge >= 0.3 is 0 Å². The Labute approximate surface area is 112 Å². The molecule has 0 N–H and O–H groups in total. The molecule has 3 rings (SSSR count).